The Morgan fingerprint density at radius 3 is 2.26 bits per heavy atom. The zero-order valence-corrected chi connectivity index (χ0v) is 18.5. The van der Waals surface area contributed by atoms with Crippen molar-refractivity contribution in [1.82, 2.24) is 5.32 Å². The fourth-order valence-electron chi connectivity index (χ4n) is 3.02. The molecule has 0 aliphatic heterocycles. The smallest absolute Gasteiger partial charge is 0.261 e. The van der Waals surface area contributed by atoms with Gasteiger partial charge in [0.05, 0.1) is 4.90 Å². The van der Waals surface area contributed by atoms with Crippen molar-refractivity contribution in [3.63, 3.8) is 0 Å². The summed E-state index contributed by atoms with van der Waals surface area (Å²) in [5, 5.41) is 6.15. The quantitative estimate of drug-likeness (QED) is 0.435. The fraction of sp³-hybridized carbons (Fsp3) is 0.208. The SMILES string of the molecule is Cc1ccc(NS(=O)(=O)c2ccc(C)c(C(=O)NCCCNc3ccccc3)c2)cc1. The van der Waals surface area contributed by atoms with E-state index in [2.05, 4.69) is 15.4 Å². The second-order valence-electron chi connectivity index (χ2n) is 7.35. The van der Waals surface area contributed by atoms with Crippen LogP contribution in [-0.4, -0.2) is 27.4 Å². The van der Waals surface area contributed by atoms with Crippen LogP contribution in [0.2, 0.25) is 0 Å². The molecule has 0 aliphatic carbocycles. The van der Waals surface area contributed by atoms with Gasteiger partial charge in [0.1, 0.15) is 0 Å². The van der Waals surface area contributed by atoms with Crippen molar-refractivity contribution >= 4 is 27.3 Å². The van der Waals surface area contributed by atoms with Gasteiger partial charge in [-0.05, 0) is 62.2 Å². The van der Waals surface area contributed by atoms with E-state index in [0.717, 1.165) is 24.2 Å². The molecule has 1 amide bonds. The molecule has 0 saturated heterocycles. The number of hydrogen-bond donors (Lipinski definition) is 3. The third kappa shape index (κ3) is 6.33. The molecule has 31 heavy (non-hydrogen) atoms. The van der Waals surface area contributed by atoms with Gasteiger partial charge in [-0.1, -0.05) is 42.0 Å². The van der Waals surface area contributed by atoms with E-state index in [1.807, 2.05) is 49.4 Å². The number of aryl methyl sites for hydroxylation is 2. The normalized spacial score (nSPS) is 11.0. The number of carbonyl (C=O) groups excluding carboxylic acids is 1. The Morgan fingerprint density at radius 2 is 1.55 bits per heavy atom. The fourth-order valence-corrected chi connectivity index (χ4v) is 4.11. The van der Waals surface area contributed by atoms with Crippen LogP contribution in [0.3, 0.4) is 0 Å². The molecule has 0 saturated carbocycles. The molecule has 6 nitrogen and oxygen atoms in total. The van der Waals surface area contributed by atoms with Crippen molar-refractivity contribution in [3.8, 4) is 0 Å². The Hall–Kier alpha value is -3.32. The minimum Gasteiger partial charge on any atom is -0.385 e. The minimum atomic E-state index is -3.80. The van der Waals surface area contributed by atoms with Gasteiger partial charge in [-0.25, -0.2) is 8.42 Å². The highest BCUT2D eigenvalue weighted by Crippen LogP contribution is 2.20. The molecule has 0 bridgehead atoms. The first-order chi connectivity index (χ1) is 14.8. The summed E-state index contributed by atoms with van der Waals surface area (Å²) < 4.78 is 28.1. The van der Waals surface area contributed by atoms with Crippen molar-refractivity contribution in [2.75, 3.05) is 23.1 Å². The molecule has 3 rings (SSSR count). The highest BCUT2D eigenvalue weighted by Gasteiger charge is 2.18. The minimum absolute atomic E-state index is 0.0505. The number of carbonyl (C=O) groups is 1. The molecule has 0 unspecified atom stereocenters. The van der Waals surface area contributed by atoms with E-state index < -0.39 is 10.0 Å². The van der Waals surface area contributed by atoms with E-state index in [1.165, 1.54) is 12.1 Å². The van der Waals surface area contributed by atoms with E-state index in [1.54, 1.807) is 25.1 Å². The van der Waals surface area contributed by atoms with Crippen molar-refractivity contribution in [1.29, 1.82) is 0 Å². The number of nitrogens with one attached hydrogen (secondary N) is 3. The molecule has 0 heterocycles. The third-order valence-electron chi connectivity index (χ3n) is 4.81. The number of rotatable bonds is 9. The number of benzene rings is 3. The van der Waals surface area contributed by atoms with Crippen LogP contribution in [0.1, 0.15) is 27.9 Å². The highest BCUT2D eigenvalue weighted by atomic mass is 32.2. The van der Waals surface area contributed by atoms with Crippen molar-refractivity contribution in [2.45, 2.75) is 25.2 Å². The maximum absolute atomic E-state index is 12.8. The van der Waals surface area contributed by atoms with Gasteiger partial charge in [-0.2, -0.15) is 0 Å². The molecule has 3 aromatic carbocycles. The van der Waals surface area contributed by atoms with Crippen LogP contribution in [-0.2, 0) is 10.0 Å². The van der Waals surface area contributed by atoms with Crippen molar-refractivity contribution in [2.24, 2.45) is 0 Å². The lowest BCUT2D eigenvalue weighted by atomic mass is 10.1. The molecular formula is C24H27N3O3S. The molecule has 3 aromatic rings. The van der Waals surface area contributed by atoms with Gasteiger partial charge >= 0.3 is 0 Å². The number of anilines is 2. The lowest BCUT2D eigenvalue weighted by Gasteiger charge is -2.12. The maximum atomic E-state index is 12.8. The topological polar surface area (TPSA) is 87.3 Å². The Bertz CT molecular complexity index is 1130. The second-order valence-corrected chi connectivity index (χ2v) is 9.03. The highest BCUT2D eigenvalue weighted by molar-refractivity contribution is 7.92. The van der Waals surface area contributed by atoms with E-state index in [-0.39, 0.29) is 10.8 Å². The first-order valence-corrected chi connectivity index (χ1v) is 11.6. The monoisotopic (exact) mass is 437 g/mol. The van der Waals surface area contributed by atoms with Gasteiger partial charge in [-0.3, -0.25) is 9.52 Å². The number of hydrogen-bond acceptors (Lipinski definition) is 4. The lowest BCUT2D eigenvalue weighted by molar-refractivity contribution is 0.0952. The van der Waals surface area contributed by atoms with E-state index in [9.17, 15) is 13.2 Å². The predicted molar refractivity (Wildman–Crippen MR) is 125 cm³/mol. The molecule has 0 spiro atoms. The molecule has 0 radical (unpaired) electrons. The van der Waals surface area contributed by atoms with Gasteiger partial charge in [0.2, 0.25) is 0 Å². The van der Waals surface area contributed by atoms with Crippen LogP contribution >= 0.6 is 0 Å². The summed E-state index contributed by atoms with van der Waals surface area (Å²) in [6.45, 7) is 4.92. The zero-order valence-electron chi connectivity index (χ0n) is 17.7. The molecular weight excluding hydrogens is 410 g/mol. The van der Waals surface area contributed by atoms with Gasteiger partial charge in [0, 0.05) is 30.0 Å². The van der Waals surface area contributed by atoms with Crippen LogP contribution in [0.15, 0.2) is 77.7 Å². The first kappa shape index (κ1) is 22.4. The first-order valence-electron chi connectivity index (χ1n) is 10.1. The summed E-state index contributed by atoms with van der Waals surface area (Å²) >= 11 is 0. The molecule has 0 atom stereocenters. The molecule has 3 N–H and O–H groups in total. The number of para-hydroxylation sites is 1. The van der Waals surface area contributed by atoms with Crippen molar-refractivity contribution < 1.29 is 13.2 Å². The van der Waals surface area contributed by atoms with Crippen LogP contribution < -0.4 is 15.4 Å². The molecule has 162 valence electrons. The Kier molecular flexibility index (Phi) is 7.31. The average Bonchev–Trinajstić information content (AvgIpc) is 2.75. The number of sulfonamides is 1. The van der Waals surface area contributed by atoms with Gasteiger partial charge in [0.25, 0.3) is 15.9 Å². The Labute approximate surface area is 183 Å². The summed E-state index contributed by atoms with van der Waals surface area (Å²) in [7, 11) is -3.80. The van der Waals surface area contributed by atoms with Crippen LogP contribution in [0.25, 0.3) is 0 Å². The summed E-state index contributed by atoms with van der Waals surface area (Å²) in [5.41, 5.74) is 3.61. The third-order valence-corrected chi connectivity index (χ3v) is 6.19. The molecule has 0 aliphatic rings. The summed E-state index contributed by atoms with van der Waals surface area (Å²) in [5.74, 6) is -0.287. The van der Waals surface area contributed by atoms with E-state index >= 15 is 0 Å². The Balaban J connectivity index is 1.60. The van der Waals surface area contributed by atoms with E-state index in [0.29, 0.717) is 23.4 Å². The largest absolute Gasteiger partial charge is 0.385 e. The van der Waals surface area contributed by atoms with Crippen LogP contribution in [0, 0.1) is 13.8 Å². The summed E-state index contributed by atoms with van der Waals surface area (Å²) in [6.07, 6.45) is 0.743. The Morgan fingerprint density at radius 1 is 0.839 bits per heavy atom. The second kappa shape index (κ2) is 10.1. The number of amides is 1. The van der Waals surface area contributed by atoms with Crippen molar-refractivity contribution in [3.05, 3.63) is 89.5 Å². The summed E-state index contributed by atoms with van der Waals surface area (Å²) in [6, 6.07) is 21.5. The maximum Gasteiger partial charge on any atom is 0.261 e. The zero-order chi connectivity index (χ0) is 22.3. The van der Waals surface area contributed by atoms with Gasteiger partial charge < -0.3 is 10.6 Å². The van der Waals surface area contributed by atoms with Gasteiger partial charge in [0.15, 0.2) is 0 Å². The standard InChI is InChI=1S/C24H27N3O3S/c1-18-9-12-21(13-10-18)27-31(29,30)22-14-11-19(2)23(17-22)24(28)26-16-6-15-25-20-7-4-3-5-8-20/h3-5,7-14,17,25,27H,6,15-16H2,1-2H3,(H,26,28). The lowest BCUT2D eigenvalue weighted by Crippen LogP contribution is -2.27. The average molecular weight is 438 g/mol. The van der Waals surface area contributed by atoms with E-state index in [4.69, 9.17) is 0 Å². The molecule has 0 fully saturated rings. The van der Waals surface area contributed by atoms with Crippen LogP contribution in [0.4, 0.5) is 11.4 Å². The summed E-state index contributed by atoms with van der Waals surface area (Å²) in [4.78, 5) is 12.7. The van der Waals surface area contributed by atoms with Crippen LogP contribution in [0.5, 0.6) is 0 Å². The predicted octanol–water partition coefficient (Wildman–Crippen LogP) is 4.34. The molecule has 7 heteroatoms. The van der Waals surface area contributed by atoms with Gasteiger partial charge in [-0.15, -0.1) is 0 Å². The molecule has 0 aromatic heterocycles.